The molecule has 9 N–H and O–H groups in total. The topological polar surface area (TPSA) is 201 Å². The van der Waals surface area contributed by atoms with E-state index in [4.69, 9.17) is 9.47 Å². The van der Waals surface area contributed by atoms with Crippen LogP contribution >= 0.6 is 0 Å². The highest BCUT2D eigenvalue weighted by molar-refractivity contribution is 5.65. The molecule has 0 bridgehead atoms. The van der Waals surface area contributed by atoms with Crippen LogP contribution < -0.4 is 9.47 Å². The standard InChI is InChI=1S/C30H26O11/c31-14-4-1-12(2-5-14)30-28(39)26(24-19(35)8-15(32)9-23(24)41-30)25-20(36)11-22-16(27(25)38)10-21(37)29(40-22)13-3-6-17(33)18(34)7-13/h1-9,11,21,26,28-39H,10H2/t21-,26+,28-,29-,30-/m1/s1. The van der Waals surface area contributed by atoms with E-state index in [1.807, 2.05) is 0 Å². The van der Waals surface area contributed by atoms with Gasteiger partial charge < -0.3 is 55.4 Å². The number of hydrogen-bond donors (Lipinski definition) is 9. The first-order valence-electron chi connectivity index (χ1n) is 12.7. The largest absolute Gasteiger partial charge is 0.508 e. The molecule has 0 aromatic heterocycles. The van der Waals surface area contributed by atoms with E-state index in [0.717, 1.165) is 6.07 Å². The summed E-state index contributed by atoms with van der Waals surface area (Å²) < 4.78 is 11.9. The summed E-state index contributed by atoms with van der Waals surface area (Å²) in [5.41, 5.74) is 0.748. The maximum absolute atomic E-state index is 11.6. The van der Waals surface area contributed by atoms with Gasteiger partial charge in [0.25, 0.3) is 0 Å². The Morgan fingerprint density at radius 2 is 1.22 bits per heavy atom. The highest BCUT2D eigenvalue weighted by atomic mass is 16.5. The van der Waals surface area contributed by atoms with Crippen molar-refractivity contribution in [2.24, 2.45) is 0 Å². The SMILES string of the molecule is Oc1ccc([C@H]2Oc3cc(O)cc(O)c3[C@@H](c3c(O)cc4c(c3O)C[C@@H](O)[C@@H](c3ccc(O)c(O)c3)O4)[C@H]2O)cc1. The number of aliphatic hydroxyl groups excluding tert-OH is 2. The maximum Gasteiger partial charge on any atom is 0.157 e. The highest BCUT2D eigenvalue weighted by Gasteiger charge is 2.45. The van der Waals surface area contributed by atoms with Crippen molar-refractivity contribution in [1.82, 2.24) is 0 Å². The van der Waals surface area contributed by atoms with Gasteiger partial charge in [-0.1, -0.05) is 18.2 Å². The number of aliphatic hydroxyl groups is 2. The van der Waals surface area contributed by atoms with Gasteiger partial charge in [0.2, 0.25) is 0 Å². The van der Waals surface area contributed by atoms with Crippen LogP contribution in [-0.4, -0.2) is 58.2 Å². The van der Waals surface area contributed by atoms with Gasteiger partial charge in [0.1, 0.15) is 52.5 Å². The molecule has 41 heavy (non-hydrogen) atoms. The molecule has 2 heterocycles. The molecule has 4 aromatic rings. The summed E-state index contributed by atoms with van der Waals surface area (Å²) in [7, 11) is 0. The van der Waals surface area contributed by atoms with Crippen LogP contribution in [0.1, 0.15) is 45.9 Å². The van der Waals surface area contributed by atoms with Crippen LogP contribution in [0.25, 0.3) is 0 Å². The highest BCUT2D eigenvalue weighted by Crippen LogP contribution is 2.56. The molecule has 0 saturated carbocycles. The normalized spacial score (nSPS) is 23.1. The molecule has 4 aromatic carbocycles. The van der Waals surface area contributed by atoms with Crippen LogP contribution in [0.2, 0.25) is 0 Å². The number of phenolic OH excluding ortho intramolecular Hbond substituents is 7. The number of hydrogen-bond acceptors (Lipinski definition) is 11. The lowest BCUT2D eigenvalue weighted by Gasteiger charge is -2.39. The van der Waals surface area contributed by atoms with Gasteiger partial charge in [-0.3, -0.25) is 0 Å². The van der Waals surface area contributed by atoms with Crippen LogP contribution in [0.5, 0.6) is 51.7 Å². The quantitative estimate of drug-likeness (QED) is 0.166. The molecule has 0 spiro atoms. The van der Waals surface area contributed by atoms with Gasteiger partial charge in [-0.2, -0.15) is 0 Å². The second kappa shape index (κ2) is 9.58. The number of phenols is 7. The minimum Gasteiger partial charge on any atom is -0.508 e. The third kappa shape index (κ3) is 4.31. The first-order valence-corrected chi connectivity index (χ1v) is 12.7. The minimum atomic E-state index is -1.49. The summed E-state index contributed by atoms with van der Waals surface area (Å²) in [6, 6.07) is 13.3. The number of benzene rings is 4. The molecule has 0 radical (unpaired) electrons. The Morgan fingerprint density at radius 3 is 1.93 bits per heavy atom. The monoisotopic (exact) mass is 562 g/mol. The average molecular weight is 563 g/mol. The smallest absolute Gasteiger partial charge is 0.157 e. The lowest BCUT2D eigenvalue weighted by atomic mass is 9.77. The molecule has 0 saturated heterocycles. The predicted octanol–water partition coefficient (Wildman–Crippen LogP) is 3.29. The van der Waals surface area contributed by atoms with Gasteiger partial charge in [-0.05, 0) is 35.4 Å². The number of aromatic hydroxyl groups is 7. The maximum atomic E-state index is 11.6. The zero-order chi connectivity index (χ0) is 29.2. The van der Waals surface area contributed by atoms with Crippen molar-refractivity contribution in [3.63, 3.8) is 0 Å². The van der Waals surface area contributed by atoms with Crippen molar-refractivity contribution in [2.75, 3.05) is 0 Å². The second-order valence-corrected chi connectivity index (χ2v) is 10.2. The molecule has 2 aliphatic heterocycles. The molecular weight excluding hydrogens is 536 g/mol. The summed E-state index contributed by atoms with van der Waals surface area (Å²) in [6.07, 6.45) is -4.94. The van der Waals surface area contributed by atoms with Crippen molar-refractivity contribution >= 4 is 0 Å². The fourth-order valence-electron chi connectivity index (χ4n) is 5.64. The number of rotatable bonds is 3. The molecule has 0 amide bonds. The van der Waals surface area contributed by atoms with E-state index >= 15 is 0 Å². The van der Waals surface area contributed by atoms with E-state index in [-0.39, 0.29) is 51.9 Å². The predicted molar refractivity (Wildman–Crippen MR) is 142 cm³/mol. The first-order chi connectivity index (χ1) is 19.5. The third-order valence-electron chi connectivity index (χ3n) is 7.58. The molecule has 0 unspecified atom stereocenters. The van der Waals surface area contributed by atoms with E-state index in [9.17, 15) is 46.0 Å². The lowest BCUT2D eigenvalue weighted by Crippen LogP contribution is -2.35. The molecule has 0 aliphatic carbocycles. The van der Waals surface area contributed by atoms with E-state index in [1.165, 1.54) is 54.6 Å². The van der Waals surface area contributed by atoms with Gasteiger partial charge in [-0.25, -0.2) is 0 Å². The van der Waals surface area contributed by atoms with Crippen molar-refractivity contribution < 1.29 is 55.4 Å². The molecular formula is C30H26O11. The molecule has 6 rings (SSSR count). The van der Waals surface area contributed by atoms with Crippen LogP contribution in [0.3, 0.4) is 0 Å². The van der Waals surface area contributed by atoms with Gasteiger partial charge >= 0.3 is 0 Å². The minimum absolute atomic E-state index is 0.00381. The Bertz CT molecular complexity index is 1650. The van der Waals surface area contributed by atoms with Crippen LogP contribution in [0, 0.1) is 0 Å². The van der Waals surface area contributed by atoms with Crippen molar-refractivity contribution in [3.05, 3.63) is 88.5 Å². The summed E-state index contributed by atoms with van der Waals surface area (Å²) in [5, 5.41) is 95.3. The lowest BCUT2D eigenvalue weighted by molar-refractivity contribution is 0.00582. The third-order valence-corrected chi connectivity index (χ3v) is 7.58. The van der Waals surface area contributed by atoms with Gasteiger partial charge in [-0.15, -0.1) is 0 Å². The van der Waals surface area contributed by atoms with Crippen molar-refractivity contribution in [2.45, 2.75) is 36.8 Å². The molecule has 2 aliphatic rings. The molecule has 11 nitrogen and oxygen atoms in total. The van der Waals surface area contributed by atoms with Crippen LogP contribution in [0.4, 0.5) is 0 Å². The van der Waals surface area contributed by atoms with Gasteiger partial charge in [0.05, 0.1) is 12.0 Å². The summed E-state index contributed by atoms with van der Waals surface area (Å²) in [5.74, 6) is -3.75. The van der Waals surface area contributed by atoms with Crippen molar-refractivity contribution in [1.29, 1.82) is 0 Å². The van der Waals surface area contributed by atoms with E-state index < -0.39 is 53.3 Å². The summed E-state index contributed by atoms with van der Waals surface area (Å²) in [6.45, 7) is 0. The zero-order valence-corrected chi connectivity index (χ0v) is 21.2. The average Bonchev–Trinajstić information content (AvgIpc) is 2.92. The Kier molecular flexibility index (Phi) is 6.13. The zero-order valence-electron chi connectivity index (χ0n) is 21.2. The van der Waals surface area contributed by atoms with Crippen LogP contribution in [0.15, 0.2) is 60.7 Å². The van der Waals surface area contributed by atoms with E-state index in [0.29, 0.717) is 11.1 Å². The molecule has 212 valence electrons. The second-order valence-electron chi connectivity index (χ2n) is 10.2. The fourth-order valence-corrected chi connectivity index (χ4v) is 5.64. The Labute approximate surface area is 232 Å². The summed E-state index contributed by atoms with van der Waals surface area (Å²) in [4.78, 5) is 0. The van der Waals surface area contributed by atoms with Crippen molar-refractivity contribution in [3.8, 4) is 51.7 Å². The first kappa shape index (κ1) is 26.2. The summed E-state index contributed by atoms with van der Waals surface area (Å²) >= 11 is 0. The number of ether oxygens (including phenoxy) is 2. The molecule has 5 atom stereocenters. The molecule has 0 fully saturated rings. The number of fused-ring (bicyclic) bond motifs is 2. The Balaban J connectivity index is 1.47. The van der Waals surface area contributed by atoms with Gasteiger partial charge in [0.15, 0.2) is 17.6 Å². The Hall–Kier alpha value is -5.00. The van der Waals surface area contributed by atoms with E-state index in [1.54, 1.807) is 0 Å². The van der Waals surface area contributed by atoms with Crippen LogP contribution in [-0.2, 0) is 6.42 Å². The molecule has 11 heteroatoms. The van der Waals surface area contributed by atoms with Gasteiger partial charge in [0, 0.05) is 41.3 Å². The van der Waals surface area contributed by atoms with E-state index in [2.05, 4.69) is 0 Å². The fraction of sp³-hybridized carbons (Fsp3) is 0.200. The Morgan fingerprint density at radius 1 is 0.561 bits per heavy atom.